The van der Waals surface area contributed by atoms with Crippen LogP contribution in [-0.4, -0.2) is 23.1 Å². The Balaban J connectivity index is 2.04. The lowest BCUT2D eigenvalue weighted by Crippen LogP contribution is -2.19. The zero-order valence-electron chi connectivity index (χ0n) is 10.2. The molecule has 0 amide bonds. The normalized spacial score (nSPS) is 12.2. The molecule has 6 heteroatoms. The van der Waals surface area contributed by atoms with E-state index in [0.29, 0.717) is 10.8 Å². The van der Waals surface area contributed by atoms with Gasteiger partial charge in [0.15, 0.2) is 5.82 Å². The van der Waals surface area contributed by atoms with Crippen LogP contribution in [0.5, 0.6) is 6.01 Å². The topological polar surface area (TPSA) is 60.2 Å². The standard InChI is InChI=1S/C12H14ClN3O2/c1-8(6-9-4-3-5-18-9)15-11-10(13)7-14-12(16-11)17-2/h3-5,7-8H,6H2,1-2H3,(H,14,15,16). The molecule has 0 aliphatic heterocycles. The maximum absolute atomic E-state index is 6.01. The van der Waals surface area contributed by atoms with Gasteiger partial charge in [0.1, 0.15) is 10.8 Å². The van der Waals surface area contributed by atoms with E-state index < -0.39 is 0 Å². The number of ether oxygens (including phenoxy) is 1. The van der Waals surface area contributed by atoms with E-state index in [4.69, 9.17) is 20.8 Å². The second-order valence-corrected chi connectivity index (χ2v) is 4.29. The van der Waals surface area contributed by atoms with Gasteiger partial charge in [0.05, 0.1) is 19.6 Å². The molecular formula is C12H14ClN3O2. The molecule has 2 rings (SSSR count). The van der Waals surface area contributed by atoms with Crippen molar-refractivity contribution >= 4 is 17.4 Å². The van der Waals surface area contributed by atoms with E-state index in [9.17, 15) is 0 Å². The van der Waals surface area contributed by atoms with E-state index in [1.54, 1.807) is 6.26 Å². The molecule has 0 fully saturated rings. The summed E-state index contributed by atoms with van der Waals surface area (Å²) in [6, 6.07) is 4.21. The summed E-state index contributed by atoms with van der Waals surface area (Å²) in [5.74, 6) is 1.47. The van der Waals surface area contributed by atoms with Crippen molar-refractivity contribution in [3.63, 3.8) is 0 Å². The average Bonchev–Trinajstić information content (AvgIpc) is 2.84. The Kier molecular flexibility index (Phi) is 4.04. The smallest absolute Gasteiger partial charge is 0.318 e. The molecule has 0 aliphatic rings. The predicted octanol–water partition coefficient (Wildman–Crippen LogP) is 2.77. The molecule has 1 unspecified atom stereocenters. The molecule has 1 atom stereocenters. The van der Waals surface area contributed by atoms with Gasteiger partial charge < -0.3 is 14.5 Å². The van der Waals surface area contributed by atoms with Crippen LogP contribution in [0.4, 0.5) is 5.82 Å². The van der Waals surface area contributed by atoms with Crippen molar-refractivity contribution in [1.82, 2.24) is 9.97 Å². The fourth-order valence-electron chi connectivity index (χ4n) is 1.57. The van der Waals surface area contributed by atoms with Gasteiger partial charge in [-0.25, -0.2) is 4.98 Å². The van der Waals surface area contributed by atoms with E-state index in [1.165, 1.54) is 13.3 Å². The number of nitrogens with one attached hydrogen (secondary N) is 1. The van der Waals surface area contributed by atoms with Crippen LogP contribution in [0, 0.1) is 0 Å². The quantitative estimate of drug-likeness (QED) is 0.903. The first-order valence-electron chi connectivity index (χ1n) is 5.54. The fraction of sp³-hybridized carbons (Fsp3) is 0.333. The molecule has 1 N–H and O–H groups in total. The molecular weight excluding hydrogens is 254 g/mol. The lowest BCUT2D eigenvalue weighted by molar-refractivity contribution is 0.380. The first-order valence-corrected chi connectivity index (χ1v) is 5.92. The van der Waals surface area contributed by atoms with Gasteiger partial charge in [0.2, 0.25) is 0 Å². The highest BCUT2D eigenvalue weighted by molar-refractivity contribution is 6.32. The molecule has 2 aromatic rings. The van der Waals surface area contributed by atoms with E-state index in [-0.39, 0.29) is 12.1 Å². The molecule has 0 aliphatic carbocycles. The summed E-state index contributed by atoms with van der Waals surface area (Å²) in [6.07, 6.45) is 3.91. The monoisotopic (exact) mass is 267 g/mol. The zero-order valence-corrected chi connectivity index (χ0v) is 10.9. The predicted molar refractivity (Wildman–Crippen MR) is 69.1 cm³/mol. The highest BCUT2D eigenvalue weighted by Crippen LogP contribution is 2.21. The van der Waals surface area contributed by atoms with Gasteiger partial charge >= 0.3 is 6.01 Å². The van der Waals surface area contributed by atoms with Crippen LogP contribution >= 0.6 is 11.6 Å². The van der Waals surface area contributed by atoms with Crippen molar-refractivity contribution in [3.8, 4) is 6.01 Å². The Labute approximate surface area is 110 Å². The third-order valence-corrected chi connectivity index (χ3v) is 2.65. The number of aromatic nitrogens is 2. The minimum absolute atomic E-state index is 0.133. The maximum atomic E-state index is 6.01. The lowest BCUT2D eigenvalue weighted by atomic mass is 10.2. The average molecular weight is 268 g/mol. The largest absolute Gasteiger partial charge is 0.469 e. The molecule has 96 valence electrons. The van der Waals surface area contributed by atoms with Gasteiger partial charge in [0, 0.05) is 12.5 Å². The number of halogens is 1. The van der Waals surface area contributed by atoms with Crippen molar-refractivity contribution in [2.45, 2.75) is 19.4 Å². The first kappa shape index (κ1) is 12.7. The van der Waals surface area contributed by atoms with Crippen LogP contribution in [0.1, 0.15) is 12.7 Å². The molecule has 5 nitrogen and oxygen atoms in total. The number of hydrogen-bond donors (Lipinski definition) is 1. The summed E-state index contributed by atoms with van der Waals surface area (Å²) in [6.45, 7) is 2.02. The minimum atomic E-state index is 0.133. The maximum Gasteiger partial charge on any atom is 0.318 e. The Bertz CT molecular complexity index is 502. The Morgan fingerprint density at radius 1 is 1.56 bits per heavy atom. The molecule has 0 saturated carbocycles. The van der Waals surface area contributed by atoms with E-state index in [0.717, 1.165) is 12.2 Å². The van der Waals surface area contributed by atoms with Crippen LogP contribution in [-0.2, 0) is 6.42 Å². The molecule has 0 bridgehead atoms. The summed E-state index contributed by atoms with van der Waals surface area (Å²) < 4.78 is 10.2. The van der Waals surface area contributed by atoms with Crippen molar-refractivity contribution in [2.24, 2.45) is 0 Å². The molecule has 0 spiro atoms. The summed E-state index contributed by atoms with van der Waals surface area (Å²) in [4.78, 5) is 8.07. The number of rotatable bonds is 5. The van der Waals surface area contributed by atoms with Crippen molar-refractivity contribution in [3.05, 3.63) is 35.4 Å². The SMILES string of the molecule is COc1ncc(Cl)c(NC(C)Cc2ccco2)n1. The number of hydrogen-bond acceptors (Lipinski definition) is 5. The molecule has 0 aromatic carbocycles. The second-order valence-electron chi connectivity index (χ2n) is 3.88. The fourth-order valence-corrected chi connectivity index (χ4v) is 1.71. The lowest BCUT2D eigenvalue weighted by Gasteiger charge is -2.14. The van der Waals surface area contributed by atoms with Gasteiger partial charge in [0.25, 0.3) is 0 Å². The number of anilines is 1. The van der Waals surface area contributed by atoms with Crippen molar-refractivity contribution in [2.75, 3.05) is 12.4 Å². The third-order valence-electron chi connectivity index (χ3n) is 2.38. The summed E-state index contributed by atoms with van der Waals surface area (Å²) in [5.41, 5.74) is 0. The van der Waals surface area contributed by atoms with E-state index in [1.807, 2.05) is 19.1 Å². The highest BCUT2D eigenvalue weighted by atomic mass is 35.5. The Morgan fingerprint density at radius 3 is 3.06 bits per heavy atom. The summed E-state index contributed by atoms with van der Waals surface area (Å²) in [7, 11) is 1.51. The Hall–Kier alpha value is -1.75. The van der Waals surface area contributed by atoms with Crippen molar-refractivity contribution < 1.29 is 9.15 Å². The van der Waals surface area contributed by atoms with Crippen LogP contribution in [0.25, 0.3) is 0 Å². The van der Waals surface area contributed by atoms with Gasteiger partial charge in [-0.2, -0.15) is 4.98 Å². The van der Waals surface area contributed by atoms with Gasteiger partial charge in [-0.3, -0.25) is 0 Å². The molecule has 0 saturated heterocycles. The second kappa shape index (κ2) is 5.73. The number of nitrogens with zero attached hydrogens (tertiary/aromatic N) is 2. The van der Waals surface area contributed by atoms with Crippen LogP contribution in [0.2, 0.25) is 5.02 Å². The summed E-state index contributed by atoms with van der Waals surface area (Å²) in [5, 5.41) is 3.66. The molecule has 18 heavy (non-hydrogen) atoms. The zero-order chi connectivity index (χ0) is 13.0. The first-order chi connectivity index (χ1) is 8.69. The van der Waals surface area contributed by atoms with Crippen LogP contribution in [0.3, 0.4) is 0 Å². The van der Waals surface area contributed by atoms with Gasteiger partial charge in [-0.05, 0) is 19.1 Å². The van der Waals surface area contributed by atoms with E-state index >= 15 is 0 Å². The minimum Gasteiger partial charge on any atom is -0.469 e. The van der Waals surface area contributed by atoms with Crippen molar-refractivity contribution in [1.29, 1.82) is 0 Å². The molecule has 2 heterocycles. The molecule has 2 aromatic heterocycles. The van der Waals surface area contributed by atoms with Gasteiger partial charge in [-0.15, -0.1) is 0 Å². The van der Waals surface area contributed by atoms with Crippen LogP contribution < -0.4 is 10.1 Å². The summed E-state index contributed by atoms with van der Waals surface area (Å²) >= 11 is 6.01. The Morgan fingerprint density at radius 2 is 2.39 bits per heavy atom. The third kappa shape index (κ3) is 3.13. The molecule has 0 radical (unpaired) electrons. The highest BCUT2D eigenvalue weighted by Gasteiger charge is 2.10. The van der Waals surface area contributed by atoms with Gasteiger partial charge in [-0.1, -0.05) is 11.6 Å². The van der Waals surface area contributed by atoms with Crippen LogP contribution in [0.15, 0.2) is 29.0 Å². The van der Waals surface area contributed by atoms with E-state index in [2.05, 4.69) is 15.3 Å². The number of furan rings is 1. The number of methoxy groups -OCH3 is 1.